The van der Waals surface area contributed by atoms with E-state index >= 15 is 0 Å². The summed E-state index contributed by atoms with van der Waals surface area (Å²) in [6, 6.07) is 8.78. The zero-order valence-electron chi connectivity index (χ0n) is 13.0. The fourth-order valence-electron chi connectivity index (χ4n) is 2.06. The highest BCUT2D eigenvalue weighted by molar-refractivity contribution is 9.10. The maximum atomic E-state index is 11.7. The van der Waals surface area contributed by atoms with E-state index in [9.17, 15) is 9.59 Å². The molecule has 1 aliphatic heterocycles. The van der Waals surface area contributed by atoms with Crippen LogP contribution in [0, 0.1) is 0 Å². The van der Waals surface area contributed by atoms with Gasteiger partial charge in [-0.1, -0.05) is 6.07 Å². The molecule has 25 heavy (non-hydrogen) atoms. The summed E-state index contributed by atoms with van der Waals surface area (Å²) in [5.41, 5.74) is 0.854. The number of rotatable bonds is 6. The molecule has 0 radical (unpaired) electrons. The van der Waals surface area contributed by atoms with Crippen LogP contribution < -0.4 is 14.8 Å². The Kier molecular flexibility index (Phi) is 5.39. The fourth-order valence-corrected chi connectivity index (χ4v) is 2.37. The highest BCUT2D eigenvalue weighted by atomic mass is 79.9. The lowest BCUT2D eigenvalue weighted by Gasteiger charge is -2.06. The van der Waals surface area contributed by atoms with Crippen molar-refractivity contribution in [1.29, 1.82) is 0 Å². The average molecular weight is 408 g/mol. The summed E-state index contributed by atoms with van der Waals surface area (Å²) in [4.78, 5) is 23.3. The van der Waals surface area contributed by atoms with Crippen molar-refractivity contribution in [3.05, 3.63) is 52.4 Å². The molecule has 1 aromatic heterocycles. The SMILES string of the molecule is O=C(COC(=O)/C=C/c1ccc(Br)o1)NCc1ccc2c(c1)OCO2. The third kappa shape index (κ3) is 4.87. The Morgan fingerprint density at radius 2 is 2.04 bits per heavy atom. The van der Waals surface area contributed by atoms with Gasteiger partial charge in [0.05, 0.1) is 0 Å². The normalized spacial score (nSPS) is 12.4. The number of fused-ring (bicyclic) bond motifs is 1. The number of amides is 1. The van der Waals surface area contributed by atoms with E-state index in [1.54, 1.807) is 24.3 Å². The number of halogens is 1. The van der Waals surface area contributed by atoms with Gasteiger partial charge in [0, 0.05) is 12.6 Å². The number of hydrogen-bond donors (Lipinski definition) is 1. The van der Waals surface area contributed by atoms with Gasteiger partial charge < -0.3 is 23.9 Å². The molecule has 1 amide bonds. The molecule has 8 heteroatoms. The number of furan rings is 1. The lowest BCUT2D eigenvalue weighted by atomic mass is 10.2. The lowest BCUT2D eigenvalue weighted by Crippen LogP contribution is -2.28. The van der Waals surface area contributed by atoms with Gasteiger partial charge in [-0.15, -0.1) is 0 Å². The predicted molar refractivity (Wildman–Crippen MR) is 90.8 cm³/mol. The van der Waals surface area contributed by atoms with Crippen molar-refractivity contribution in [3.63, 3.8) is 0 Å². The van der Waals surface area contributed by atoms with Gasteiger partial charge in [-0.05, 0) is 51.8 Å². The second-order valence-corrected chi connectivity index (χ2v) is 5.83. The van der Waals surface area contributed by atoms with Crippen molar-refractivity contribution in [2.24, 2.45) is 0 Å². The smallest absolute Gasteiger partial charge is 0.331 e. The first-order valence-corrected chi connectivity index (χ1v) is 8.15. The van der Waals surface area contributed by atoms with E-state index in [2.05, 4.69) is 21.2 Å². The summed E-state index contributed by atoms with van der Waals surface area (Å²) in [5.74, 6) is 0.786. The summed E-state index contributed by atoms with van der Waals surface area (Å²) >= 11 is 3.16. The lowest BCUT2D eigenvalue weighted by molar-refractivity contribution is -0.143. The minimum atomic E-state index is -0.634. The summed E-state index contributed by atoms with van der Waals surface area (Å²) in [6.07, 6.45) is 2.65. The number of esters is 1. The topological polar surface area (TPSA) is 87.0 Å². The molecule has 0 saturated heterocycles. The standard InChI is InChI=1S/C17H14BrNO6/c18-15-5-2-12(25-15)3-6-17(21)22-9-16(20)19-8-11-1-4-13-14(7-11)24-10-23-13/h1-7H,8-10H2,(H,19,20)/b6-3+. The molecule has 2 heterocycles. The second-order valence-electron chi connectivity index (χ2n) is 5.05. The fraction of sp³-hybridized carbons (Fsp3) is 0.176. The van der Waals surface area contributed by atoms with Crippen LogP contribution in [-0.2, 0) is 20.9 Å². The molecule has 0 atom stereocenters. The predicted octanol–water partition coefficient (Wildman–Crippen LogP) is 2.64. The van der Waals surface area contributed by atoms with Crippen LogP contribution in [0.25, 0.3) is 6.08 Å². The molecule has 0 bridgehead atoms. The molecule has 1 N–H and O–H groups in total. The molecular weight excluding hydrogens is 394 g/mol. The summed E-state index contributed by atoms with van der Waals surface area (Å²) < 4.78 is 21.1. The van der Waals surface area contributed by atoms with Gasteiger partial charge in [-0.25, -0.2) is 4.79 Å². The molecule has 0 fully saturated rings. The Labute approximate surface area is 151 Å². The quantitative estimate of drug-likeness (QED) is 0.584. The Balaban J connectivity index is 1.40. The Bertz CT molecular complexity index is 813. The van der Waals surface area contributed by atoms with Crippen LogP contribution in [0.4, 0.5) is 0 Å². The molecule has 130 valence electrons. The Hall–Kier alpha value is -2.74. The van der Waals surface area contributed by atoms with E-state index in [1.807, 2.05) is 6.07 Å². The molecule has 0 aliphatic carbocycles. The first-order valence-electron chi connectivity index (χ1n) is 7.35. The van der Waals surface area contributed by atoms with Crippen LogP contribution in [0.2, 0.25) is 0 Å². The molecule has 1 aromatic carbocycles. The van der Waals surface area contributed by atoms with Gasteiger partial charge in [-0.2, -0.15) is 0 Å². The molecule has 2 aromatic rings. The number of carbonyl (C=O) groups is 2. The Morgan fingerprint density at radius 3 is 2.84 bits per heavy atom. The van der Waals surface area contributed by atoms with Crippen LogP contribution in [0.1, 0.15) is 11.3 Å². The van der Waals surface area contributed by atoms with Gasteiger partial charge in [-0.3, -0.25) is 4.79 Å². The molecule has 0 saturated carbocycles. The van der Waals surface area contributed by atoms with Crippen LogP contribution >= 0.6 is 15.9 Å². The number of hydrogen-bond acceptors (Lipinski definition) is 6. The summed E-state index contributed by atoms with van der Waals surface area (Å²) in [6.45, 7) is 0.127. The zero-order valence-corrected chi connectivity index (χ0v) is 14.6. The van der Waals surface area contributed by atoms with Crippen molar-refractivity contribution in [1.82, 2.24) is 5.32 Å². The second kappa shape index (κ2) is 7.89. The van der Waals surface area contributed by atoms with E-state index in [-0.39, 0.29) is 13.4 Å². The van der Waals surface area contributed by atoms with E-state index in [1.165, 1.54) is 12.2 Å². The first kappa shape index (κ1) is 17.1. The monoisotopic (exact) mass is 407 g/mol. The minimum Gasteiger partial charge on any atom is -0.454 e. The molecule has 3 rings (SSSR count). The number of carbonyl (C=O) groups excluding carboxylic acids is 2. The van der Waals surface area contributed by atoms with E-state index < -0.39 is 11.9 Å². The molecule has 7 nitrogen and oxygen atoms in total. The minimum absolute atomic E-state index is 0.198. The van der Waals surface area contributed by atoms with Crippen molar-refractivity contribution in [2.75, 3.05) is 13.4 Å². The van der Waals surface area contributed by atoms with Crippen molar-refractivity contribution in [3.8, 4) is 11.5 Å². The van der Waals surface area contributed by atoms with Gasteiger partial charge in [0.25, 0.3) is 5.91 Å². The Morgan fingerprint density at radius 1 is 1.20 bits per heavy atom. The molecule has 1 aliphatic rings. The number of benzene rings is 1. The van der Waals surface area contributed by atoms with Crippen molar-refractivity contribution in [2.45, 2.75) is 6.54 Å². The van der Waals surface area contributed by atoms with Crippen LogP contribution in [0.5, 0.6) is 11.5 Å². The molecular formula is C17H14BrNO6. The summed E-state index contributed by atoms with van der Waals surface area (Å²) in [7, 11) is 0. The van der Waals surface area contributed by atoms with Gasteiger partial charge in [0.1, 0.15) is 5.76 Å². The maximum Gasteiger partial charge on any atom is 0.331 e. The van der Waals surface area contributed by atoms with Gasteiger partial charge in [0.15, 0.2) is 22.8 Å². The maximum absolute atomic E-state index is 11.7. The van der Waals surface area contributed by atoms with Crippen LogP contribution in [0.3, 0.4) is 0 Å². The van der Waals surface area contributed by atoms with Gasteiger partial charge in [0.2, 0.25) is 6.79 Å². The summed E-state index contributed by atoms with van der Waals surface area (Å²) in [5, 5.41) is 2.66. The van der Waals surface area contributed by atoms with Crippen LogP contribution in [-0.4, -0.2) is 25.3 Å². The first-order chi connectivity index (χ1) is 12.1. The van der Waals surface area contributed by atoms with Crippen LogP contribution in [0.15, 0.2) is 45.5 Å². The largest absolute Gasteiger partial charge is 0.454 e. The van der Waals surface area contributed by atoms with E-state index in [0.29, 0.717) is 28.5 Å². The van der Waals surface area contributed by atoms with Crippen molar-refractivity contribution >= 4 is 33.9 Å². The third-order valence-corrected chi connectivity index (χ3v) is 3.68. The highest BCUT2D eigenvalue weighted by Gasteiger charge is 2.13. The van der Waals surface area contributed by atoms with Gasteiger partial charge >= 0.3 is 5.97 Å². The number of nitrogens with one attached hydrogen (secondary N) is 1. The zero-order chi connectivity index (χ0) is 17.6. The number of ether oxygens (including phenoxy) is 3. The molecule has 0 unspecified atom stereocenters. The van der Waals surface area contributed by atoms with E-state index in [0.717, 1.165) is 5.56 Å². The van der Waals surface area contributed by atoms with E-state index in [4.69, 9.17) is 18.6 Å². The molecule has 0 spiro atoms. The average Bonchev–Trinajstić information content (AvgIpc) is 3.24. The van der Waals surface area contributed by atoms with Crippen molar-refractivity contribution < 1.29 is 28.2 Å². The highest BCUT2D eigenvalue weighted by Crippen LogP contribution is 2.32. The third-order valence-electron chi connectivity index (χ3n) is 3.25.